The lowest BCUT2D eigenvalue weighted by atomic mass is 10.1. The third kappa shape index (κ3) is 3.74. The van der Waals surface area contributed by atoms with Crippen LogP contribution in [0.3, 0.4) is 0 Å². The predicted octanol–water partition coefficient (Wildman–Crippen LogP) is -0.0972. The Balaban J connectivity index is 4.29. The first-order chi connectivity index (χ1) is 6.40. The Kier molecular flexibility index (Phi) is 5.15. The third-order valence-corrected chi connectivity index (χ3v) is 2.00. The first-order valence-corrected chi connectivity index (χ1v) is 4.67. The Morgan fingerprint density at radius 1 is 1.43 bits per heavy atom. The van der Waals surface area contributed by atoms with E-state index in [1.54, 1.807) is 20.8 Å². The molecule has 0 rings (SSSR count). The second-order valence-corrected chi connectivity index (χ2v) is 3.40. The van der Waals surface area contributed by atoms with Gasteiger partial charge < -0.3 is 15.7 Å². The number of likely N-dealkylation sites (N-methyl/N-ethyl adjacent to an activating group) is 1. The van der Waals surface area contributed by atoms with Crippen LogP contribution in [-0.2, 0) is 9.59 Å². The molecule has 0 spiro atoms. The number of carboxylic acid groups (broad SMARTS) is 1. The summed E-state index contributed by atoms with van der Waals surface area (Å²) in [7, 11) is 0. The van der Waals surface area contributed by atoms with Crippen molar-refractivity contribution in [3.63, 3.8) is 0 Å². The van der Waals surface area contributed by atoms with Gasteiger partial charge in [0.25, 0.3) is 0 Å². The standard InChI is InChI=1S/C9H18N2O3/c1-4-11(8(12)7(3)10)5-6(2)9(13)14/h6-7H,4-5,10H2,1-3H3,(H,13,14)/t6?,7-/m0/s1. The number of carboxylic acids is 1. The molecule has 82 valence electrons. The molecule has 3 N–H and O–H groups in total. The number of carbonyl (C=O) groups excluding carboxylic acids is 1. The van der Waals surface area contributed by atoms with Gasteiger partial charge in [-0.15, -0.1) is 0 Å². The van der Waals surface area contributed by atoms with Gasteiger partial charge in [-0.05, 0) is 13.8 Å². The van der Waals surface area contributed by atoms with Gasteiger partial charge in [0.1, 0.15) is 0 Å². The molecule has 5 heteroatoms. The van der Waals surface area contributed by atoms with Gasteiger partial charge in [0.15, 0.2) is 0 Å². The lowest BCUT2D eigenvalue weighted by molar-refractivity contribution is -0.143. The maximum Gasteiger partial charge on any atom is 0.308 e. The molecule has 2 atom stereocenters. The fourth-order valence-electron chi connectivity index (χ4n) is 1.07. The van der Waals surface area contributed by atoms with Crippen LogP contribution in [0.1, 0.15) is 20.8 Å². The van der Waals surface area contributed by atoms with E-state index in [0.717, 1.165) is 0 Å². The minimum absolute atomic E-state index is 0.208. The number of rotatable bonds is 5. The van der Waals surface area contributed by atoms with E-state index >= 15 is 0 Å². The van der Waals surface area contributed by atoms with Gasteiger partial charge in [-0.2, -0.15) is 0 Å². The molecule has 0 aliphatic rings. The zero-order valence-corrected chi connectivity index (χ0v) is 8.86. The van der Waals surface area contributed by atoms with Crippen LogP contribution in [0.2, 0.25) is 0 Å². The Morgan fingerprint density at radius 3 is 2.21 bits per heavy atom. The number of hydrogen-bond acceptors (Lipinski definition) is 3. The van der Waals surface area contributed by atoms with Gasteiger partial charge in [-0.1, -0.05) is 6.92 Å². The topological polar surface area (TPSA) is 83.6 Å². The summed E-state index contributed by atoms with van der Waals surface area (Å²) in [5.74, 6) is -1.67. The largest absolute Gasteiger partial charge is 0.481 e. The van der Waals surface area contributed by atoms with Gasteiger partial charge in [-0.3, -0.25) is 9.59 Å². The zero-order valence-electron chi connectivity index (χ0n) is 8.86. The normalized spacial score (nSPS) is 14.6. The highest BCUT2D eigenvalue weighted by molar-refractivity contribution is 5.81. The number of amides is 1. The molecule has 14 heavy (non-hydrogen) atoms. The predicted molar refractivity (Wildman–Crippen MR) is 52.7 cm³/mol. The number of nitrogens with two attached hydrogens (primary N) is 1. The van der Waals surface area contributed by atoms with Crippen LogP contribution < -0.4 is 5.73 Å². The van der Waals surface area contributed by atoms with Crippen LogP contribution >= 0.6 is 0 Å². The average Bonchev–Trinajstić information content (AvgIpc) is 2.12. The van der Waals surface area contributed by atoms with Crippen molar-refractivity contribution in [1.29, 1.82) is 0 Å². The molecule has 0 radical (unpaired) electrons. The van der Waals surface area contributed by atoms with Crippen molar-refractivity contribution in [1.82, 2.24) is 4.90 Å². The second-order valence-electron chi connectivity index (χ2n) is 3.40. The highest BCUT2D eigenvalue weighted by Crippen LogP contribution is 2.01. The molecule has 1 unspecified atom stereocenters. The van der Waals surface area contributed by atoms with Gasteiger partial charge in [-0.25, -0.2) is 0 Å². The molecule has 0 aliphatic carbocycles. The van der Waals surface area contributed by atoms with E-state index in [2.05, 4.69) is 0 Å². The summed E-state index contributed by atoms with van der Waals surface area (Å²) < 4.78 is 0. The van der Waals surface area contributed by atoms with Crippen LogP contribution in [0.15, 0.2) is 0 Å². The summed E-state index contributed by atoms with van der Waals surface area (Å²) in [6.07, 6.45) is 0. The summed E-state index contributed by atoms with van der Waals surface area (Å²) in [6.45, 7) is 5.66. The molecule has 0 aromatic rings. The van der Waals surface area contributed by atoms with Gasteiger partial charge in [0.2, 0.25) is 5.91 Å². The first kappa shape index (κ1) is 12.9. The summed E-state index contributed by atoms with van der Waals surface area (Å²) >= 11 is 0. The lowest BCUT2D eigenvalue weighted by Crippen LogP contribution is -2.44. The fraction of sp³-hybridized carbons (Fsp3) is 0.778. The van der Waals surface area contributed by atoms with E-state index in [-0.39, 0.29) is 12.5 Å². The van der Waals surface area contributed by atoms with E-state index in [9.17, 15) is 9.59 Å². The van der Waals surface area contributed by atoms with Crippen LogP contribution in [0, 0.1) is 5.92 Å². The zero-order chi connectivity index (χ0) is 11.3. The minimum Gasteiger partial charge on any atom is -0.481 e. The molecule has 0 saturated heterocycles. The minimum atomic E-state index is -0.902. The van der Waals surface area contributed by atoms with E-state index in [0.29, 0.717) is 6.54 Å². The molecular weight excluding hydrogens is 184 g/mol. The van der Waals surface area contributed by atoms with Crippen molar-refractivity contribution in [2.45, 2.75) is 26.8 Å². The van der Waals surface area contributed by atoms with Gasteiger partial charge >= 0.3 is 5.97 Å². The van der Waals surface area contributed by atoms with E-state index in [1.165, 1.54) is 4.90 Å². The summed E-state index contributed by atoms with van der Waals surface area (Å²) in [5, 5.41) is 8.68. The molecule has 0 aromatic carbocycles. The average molecular weight is 202 g/mol. The maximum absolute atomic E-state index is 11.4. The molecule has 0 fully saturated rings. The molecule has 1 amide bonds. The van der Waals surface area contributed by atoms with Crippen LogP contribution in [0.5, 0.6) is 0 Å². The maximum atomic E-state index is 11.4. The molecule has 0 saturated carbocycles. The molecular formula is C9H18N2O3. The van der Waals surface area contributed by atoms with E-state index < -0.39 is 17.9 Å². The van der Waals surface area contributed by atoms with Crippen molar-refractivity contribution in [3.8, 4) is 0 Å². The number of nitrogens with zero attached hydrogens (tertiary/aromatic N) is 1. The molecule has 5 nitrogen and oxygen atoms in total. The smallest absolute Gasteiger partial charge is 0.308 e. The Bertz CT molecular complexity index is 216. The SMILES string of the molecule is CCN(CC(C)C(=O)O)C(=O)[C@H](C)N. The van der Waals surface area contributed by atoms with Crippen LogP contribution in [0.25, 0.3) is 0 Å². The van der Waals surface area contributed by atoms with Crippen molar-refractivity contribution >= 4 is 11.9 Å². The number of aliphatic carboxylic acids is 1. The number of carbonyl (C=O) groups is 2. The van der Waals surface area contributed by atoms with Crippen LogP contribution in [0.4, 0.5) is 0 Å². The highest BCUT2D eigenvalue weighted by Gasteiger charge is 2.21. The Morgan fingerprint density at radius 2 is 1.93 bits per heavy atom. The molecule has 0 aromatic heterocycles. The summed E-state index contributed by atoms with van der Waals surface area (Å²) in [5.41, 5.74) is 5.43. The lowest BCUT2D eigenvalue weighted by Gasteiger charge is -2.24. The molecule has 0 aliphatic heterocycles. The molecule has 0 bridgehead atoms. The number of hydrogen-bond donors (Lipinski definition) is 2. The van der Waals surface area contributed by atoms with Gasteiger partial charge in [0, 0.05) is 13.1 Å². The Hall–Kier alpha value is -1.10. The van der Waals surface area contributed by atoms with Crippen molar-refractivity contribution < 1.29 is 14.7 Å². The van der Waals surface area contributed by atoms with Crippen molar-refractivity contribution in [2.24, 2.45) is 11.7 Å². The van der Waals surface area contributed by atoms with Crippen LogP contribution in [-0.4, -0.2) is 41.0 Å². The van der Waals surface area contributed by atoms with Crippen molar-refractivity contribution in [3.05, 3.63) is 0 Å². The van der Waals surface area contributed by atoms with E-state index in [4.69, 9.17) is 10.8 Å². The van der Waals surface area contributed by atoms with E-state index in [1.807, 2.05) is 0 Å². The fourth-order valence-corrected chi connectivity index (χ4v) is 1.07. The summed E-state index contributed by atoms with van der Waals surface area (Å²) in [4.78, 5) is 23.5. The Labute approximate surface area is 83.9 Å². The second kappa shape index (κ2) is 5.59. The van der Waals surface area contributed by atoms with Crippen molar-refractivity contribution in [2.75, 3.05) is 13.1 Å². The quantitative estimate of drug-likeness (QED) is 0.652. The molecule has 0 heterocycles. The third-order valence-electron chi connectivity index (χ3n) is 2.00. The van der Waals surface area contributed by atoms with Gasteiger partial charge in [0.05, 0.1) is 12.0 Å². The first-order valence-electron chi connectivity index (χ1n) is 4.67. The highest BCUT2D eigenvalue weighted by atomic mass is 16.4. The summed E-state index contributed by atoms with van der Waals surface area (Å²) in [6, 6.07) is -0.573. The monoisotopic (exact) mass is 202 g/mol.